The molecule has 0 bridgehead atoms. The van der Waals surface area contributed by atoms with Crippen LogP contribution in [0.4, 0.5) is 0 Å². The van der Waals surface area contributed by atoms with Crippen LogP contribution in [0.3, 0.4) is 0 Å². The van der Waals surface area contributed by atoms with Gasteiger partial charge in [-0.3, -0.25) is 9.36 Å². The highest BCUT2D eigenvalue weighted by Crippen LogP contribution is 2.36. The number of hydrogen-bond donors (Lipinski definition) is 0. The van der Waals surface area contributed by atoms with E-state index >= 15 is 0 Å². The van der Waals surface area contributed by atoms with Gasteiger partial charge in [-0.15, -0.1) is 0 Å². The molecule has 3 aromatic rings. The first kappa shape index (κ1) is 28.7. The van der Waals surface area contributed by atoms with Crippen LogP contribution < -0.4 is 9.74 Å². The lowest BCUT2D eigenvalue weighted by atomic mass is 9.89. The molecule has 0 saturated heterocycles. The van der Waals surface area contributed by atoms with Crippen LogP contribution in [0.5, 0.6) is 5.88 Å². The molecule has 37 heavy (non-hydrogen) atoms. The van der Waals surface area contributed by atoms with Crippen LogP contribution in [0.2, 0.25) is 10.0 Å². The number of benzene rings is 2. The van der Waals surface area contributed by atoms with Gasteiger partial charge in [0.2, 0.25) is 5.88 Å². The monoisotopic (exact) mass is 561 g/mol. The summed E-state index contributed by atoms with van der Waals surface area (Å²) < 4.78 is 33.9. The van der Waals surface area contributed by atoms with Crippen molar-refractivity contribution in [2.45, 2.75) is 71.1 Å². The molecule has 0 aliphatic rings. The van der Waals surface area contributed by atoms with Crippen molar-refractivity contribution in [1.29, 1.82) is 5.26 Å². The van der Waals surface area contributed by atoms with E-state index in [9.17, 15) is 13.2 Å². The normalized spacial score (nSPS) is 11.9. The van der Waals surface area contributed by atoms with Crippen LogP contribution in [-0.4, -0.2) is 18.0 Å². The summed E-state index contributed by atoms with van der Waals surface area (Å²) in [6.45, 7) is 13.3. The third-order valence-corrected chi connectivity index (χ3v) is 8.24. The molecule has 0 unspecified atom stereocenters. The predicted octanol–water partition coefficient (Wildman–Crippen LogP) is 6.86. The van der Waals surface area contributed by atoms with Gasteiger partial charge in [0.05, 0.1) is 27.4 Å². The zero-order valence-electron chi connectivity index (χ0n) is 21.8. The largest absolute Gasteiger partial charge is 0.358 e. The molecule has 0 radical (unpaired) electrons. The van der Waals surface area contributed by atoms with E-state index in [0.29, 0.717) is 11.1 Å². The van der Waals surface area contributed by atoms with Gasteiger partial charge < -0.3 is 4.18 Å². The topological polar surface area (TPSA) is 102 Å². The zero-order valence-corrected chi connectivity index (χ0v) is 24.1. The fourth-order valence-corrected chi connectivity index (χ4v) is 6.05. The van der Waals surface area contributed by atoms with Crippen molar-refractivity contribution in [2.75, 3.05) is 0 Å². The van der Waals surface area contributed by atoms with Crippen LogP contribution in [0.1, 0.15) is 87.4 Å². The number of halogens is 2. The van der Waals surface area contributed by atoms with E-state index < -0.39 is 15.7 Å². The molecule has 7 nitrogen and oxygen atoms in total. The smallest absolute Gasteiger partial charge is 0.341 e. The Morgan fingerprint density at radius 3 is 1.97 bits per heavy atom. The van der Waals surface area contributed by atoms with Crippen molar-refractivity contribution < 1.29 is 12.6 Å². The summed E-state index contributed by atoms with van der Waals surface area (Å²) in [5.41, 5.74) is 2.09. The van der Waals surface area contributed by atoms with E-state index in [0.717, 1.165) is 11.6 Å². The Hall–Kier alpha value is -2.86. The van der Waals surface area contributed by atoms with Crippen molar-refractivity contribution in [3.05, 3.63) is 78.8 Å². The van der Waals surface area contributed by atoms with Gasteiger partial charge in [-0.2, -0.15) is 18.7 Å². The molecular formula is C27H29Cl2N3O4S. The highest BCUT2D eigenvalue weighted by molar-refractivity contribution is 7.87. The molecule has 0 fully saturated rings. The maximum atomic E-state index is 13.6. The van der Waals surface area contributed by atoms with Gasteiger partial charge in [0.1, 0.15) is 16.8 Å². The molecule has 10 heteroatoms. The van der Waals surface area contributed by atoms with Gasteiger partial charge in [0.15, 0.2) is 0 Å². The second kappa shape index (κ2) is 10.9. The van der Waals surface area contributed by atoms with Crippen molar-refractivity contribution in [1.82, 2.24) is 9.55 Å². The van der Waals surface area contributed by atoms with E-state index in [1.807, 2.05) is 45.9 Å². The summed E-state index contributed by atoms with van der Waals surface area (Å²) >= 11 is 12.5. The standard InChI is InChI=1S/C27H29Cl2N3O4S/c1-14(2)19-10-20(15(3)4)27(21(11-19)16(5)6)37(34,35)36-23-12-24(33)32(17(7)31-23)22-9-8-18(13-30)25(28)26(22)29/h8-12,14-16H,1-7H3. The zero-order chi connectivity index (χ0) is 27.8. The minimum absolute atomic E-state index is 0.00222. The lowest BCUT2D eigenvalue weighted by molar-refractivity contribution is 0.469. The molecule has 0 atom stereocenters. The Labute approximate surface area is 227 Å². The van der Waals surface area contributed by atoms with Crippen LogP contribution in [0.15, 0.2) is 40.0 Å². The molecule has 0 aliphatic heterocycles. The number of nitrogens with zero attached hydrogens (tertiary/aromatic N) is 3. The molecule has 0 saturated carbocycles. The fourth-order valence-electron chi connectivity index (χ4n) is 4.04. The van der Waals surface area contributed by atoms with E-state index in [1.165, 1.54) is 23.6 Å². The van der Waals surface area contributed by atoms with E-state index in [-0.39, 0.29) is 55.6 Å². The average molecular weight is 563 g/mol. The van der Waals surface area contributed by atoms with E-state index in [4.69, 9.17) is 32.6 Å². The number of nitriles is 1. The van der Waals surface area contributed by atoms with Gasteiger partial charge in [0.25, 0.3) is 5.56 Å². The van der Waals surface area contributed by atoms with Crippen LogP contribution in [-0.2, 0) is 10.1 Å². The molecule has 3 rings (SSSR count). The van der Waals surface area contributed by atoms with Crippen molar-refractivity contribution >= 4 is 33.3 Å². The van der Waals surface area contributed by atoms with Crippen molar-refractivity contribution in [3.63, 3.8) is 0 Å². The number of hydrogen-bond acceptors (Lipinski definition) is 6. The maximum absolute atomic E-state index is 13.6. The van der Waals surface area contributed by atoms with E-state index in [2.05, 4.69) is 18.8 Å². The lowest BCUT2D eigenvalue weighted by Gasteiger charge is -2.22. The Morgan fingerprint density at radius 1 is 0.946 bits per heavy atom. The van der Waals surface area contributed by atoms with Crippen molar-refractivity contribution in [3.8, 4) is 17.6 Å². The number of rotatable bonds is 7. The van der Waals surface area contributed by atoms with Crippen LogP contribution in [0, 0.1) is 18.3 Å². The minimum Gasteiger partial charge on any atom is -0.358 e. The van der Waals surface area contributed by atoms with Gasteiger partial charge >= 0.3 is 10.1 Å². The number of aryl methyl sites for hydroxylation is 1. The quantitative estimate of drug-likeness (QED) is 0.292. The highest BCUT2D eigenvalue weighted by atomic mass is 35.5. The summed E-state index contributed by atoms with van der Waals surface area (Å²) in [6.07, 6.45) is 0. The summed E-state index contributed by atoms with van der Waals surface area (Å²) in [5.74, 6) is -0.186. The minimum atomic E-state index is -4.34. The van der Waals surface area contributed by atoms with Crippen LogP contribution in [0.25, 0.3) is 5.69 Å². The average Bonchev–Trinajstić information content (AvgIpc) is 2.80. The second-order valence-electron chi connectivity index (χ2n) is 9.72. The first-order chi connectivity index (χ1) is 17.2. The predicted molar refractivity (Wildman–Crippen MR) is 146 cm³/mol. The second-order valence-corrected chi connectivity index (χ2v) is 12.0. The SMILES string of the molecule is Cc1nc(OS(=O)(=O)c2c(C(C)C)cc(C(C)C)cc2C(C)C)cc(=O)n1-c1ccc(C#N)c(Cl)c1Cl. The highest BCUT2D eigenvalue weighted by Gasteiger charge is 2.29. The van der Waals surface area contributed by atoms with Crippen LogP contribution >= 0.6 is 23.2 Å². The summed E-state index contributed by atoms with van der Waals surface area (Å²) in [5, 5.41) is 9.16. The summed E-state index contributed by atoms with van der Waals surface area (Å²) in [6, 6.07) is 9.63. The molecular weight excluding hydrogens is 533 g/mol. The van der Waals surface area contributed by atoms with Crippen molar-refractivity contribution in [2.24, 2.45) is 0 Å². The Morgan fingerprint density at radius 2 is 1.51 bits per heavy atom. The Bertz CT molecular complexity index is 1540. The molecule has 0 amide bonds. The maximum Gasteiger partial charge on any atom is 0.341 e. The summed E-state index contributed by atoms with van der Waals surface area (Å²) in [7, 11) is -4.34. The van der Waals surface area contributed by atoms with E-state index in [1.54, 1.807) is 0 Å². The molecule has 1 heterocycles. The Balaban J connectivity index is 2.15. The fraction of sp³-hybridized carbons (Fsp3) is 0.370. The molecule has 1 aromatic heterocycles. The Kier molecular flexibility index (Phi) is 8.43. The molecule has 2 aromatic carbocycles. The first-order valence-corrected chi connectivity index (χ1v) is 14.0. The van der Waals surface area contributed by atoms with Gasteiger partial charge in [-0.05, 0) is 53.5 Å². The lowest BCUT2D eigenvalue weighted by Crippen LogP contribution is -2.24. The van der Waals surface area contributed by atoms with Gasteiger partial charge in [-0.25, -0.2) is 0 Å². The molecule has 0 spiro atoms. The molecule has 196 valence electrons. The molecule has 0 aliphatic carbocycles. The first-order valence-electron chi connectivity index (χ1n) is 11.8. The van der Waals surface area contributed by atoms with Gasteiger partial charge in [-0.1, -0.05) is 76.9 Å². The molecule has 0 N–H and O–H groups in total. The third kappa shape index (κ3) is 5.69. The van der Waals surface area contributed by atoms with Gasteiger partial charge in [0, 0.05) is 0 Å². The number of aromatic nitrogens is 2. The third-order valence-electron chi connectivity index (χ3n) is 6.01. The summed E-state index contributed by atoms with van der Waals surface area (Å²) in [4.78, 5) is 17.4.